The third-order valence-corrected chi connectivity index (χ3v) is 5.31. The molecule has 0 aliphatic carbocycles. The summed E-state index contributed by atoms with van der Waals surface area (Å²) in [6, 6.07) is 9.10. The fourth-order valence-corrected chi connectivity index (χ4v) is 3.40. The summed E-state index contributed by atoms with van der Waals surface area (Å²) in [5, 5.41) is 9.71. The Labute approximate surface area is 197 Å². The summed E-state index contributed by atoms with van der Waals surface area (Å²) in [7, 11) is 1.55. The van der Waals surface area contributed by atoms with E-state index in [1.165, 1.54) is 0 Å². The molecule has 0 aliphatic rings. The number of pyridine rings is 1. The predicted octanol–water partition coefficient (Wildman–Crippen LogP) is 3.90. The van der Waals surface area contributed by atoms with Crippen molar-refractivity contribution in [1.29, 1.82) is 0 Å². The maximum absolute atomic E-state index is 12.9. The molecule has 2 N–H and O–H groups in total. The largest absolute Gasteiger partial charge is 0.354 e. The van der Waals surface area contributed by atoms with Gasteiger partial charge in [0, 0.05) is 42.2 Å². The van der Waals surface area contributed by atoms with E-state index in [1.807, 2.05) is 26.8 Å². The van der Waals surface area contributed by atoms with Crippen molar-refractivity contribution in [1.82, 2.24) is 30.0 Å². The van der Waals surface area contributed by atoms with E-state index in [2.05, 4.69) is 25.7 Å². The number of carbonyl (C=O) groups is 2. The highest BCUT2D eigenvalue weighted by atomic mass is 16.2. The summed E-state index contributed by atoms with van der Waals surface area (Å²) < 4.78 is 1.78. The smallest absolute Gasteiger partial charge is 0.269 e. The van der Waals surface area contributed by atoms with Gasteiger partial charge in [0.15, 0.2) is 0 Å². The number of nitrogens with one attached hydrogen (secondary N) is 2. The molecule has 2 amide bonds. The van der Waals surface area contributed by atoms with E-state index >= 15 is 0 Å². The van der Waals surface area contributed by atoms with Gasteiger partial charge in [0.05, 0.1) is 35.7 Å². The van der Waals surface area contributed by atoms with Crippen LogP contribution < -0.4 is 10.6 Å². The monoisotopic (exact) mass is 455 g/mol. The van der Waals surface area contributed by atoms with Crippen LogP contribution in [0.25, 0.3) is 22.5 Å². The highest BCUT2D eigenvalue weighted by molar-refractivity contribution is 6.05. The number of nitrogens with zero attached hydrogens (tertiary/aromatic N) is 5. The molecule has 0 spiro atoms. The van der Waals surface area contributed by atoms with Gasteiger partial charge in [-0.15, -0.1) is 0 Å². The number of hydrogen-bond donors (Lipinski definition) is 2. The SMILES string of the molecule is CNC(=O)c1cc(-c2cncc(-c3cc(C(=O)Nc4cnn(C(C)C)c4)ccc3C)n2)ccn1. The highest BCUT2D eigenvalue weighted by Crippen LogP contribution is 2.26. The van der Waals surface area contributed by atoms with Crippen LogP contribution in [-0.4, -0.2) is 43.6 Å². The normalized spacial score (nSPS) is 10.9. The van der Waals surface area contributed by atoms with Crippen LogP contribution in [0.15, 0.2) is 61.3 Å². The third kappa shape index (κ3) is 4.83. The van der Waals surface area contributed by atoms with Crippen LogP contribution in [0.4, 0.5) is 5.69 Å². The molecule has 3 aromatic heterocycles. The fraction of sp³-hybridized carbons (Fsp3) is 0.200. The highest BCUT2D eigenvalue weighted by Gasteiger charge is 2.14. The molecule has 34 heavy (non-hydrogen) atoms. The molecular weight excluding hydrogens is 430 g/mol. The molecule has 172 valence electrons. The first kappa shape index (κ1) is 22.8. The number of hydrogen-bond acceptors (Lipinski definition) is 6. The minimum Gasteiger partial charge on any atom is -0.354 e. The van der Waals surface area contributed by atoms with Crippen molar-refractivity contribution >= 4 is 17.5 Å². The molecule has 0 saturated carbocycles. The second-order valence-electron chi connectivity index (χ2n) is 8.09. The zero-order valence-electron chi connectivity index (χ0n) is 19.4. The molecule has 0 radical (unpaired) electrons. The molecule has 0 bridgehead atoms. The van der Waals surface area contributed by atoms with Crippen molar-refractivity contribution < 1.29 is 9.59 Å². The third-order valence-electron chi connectivity index (χ3n) is 5.31. The second-order valence-corrected chi connectivity index (χ2v) is 8.09. The average Bonchev–Trinajstić information content (AvgIpc) is 3.33. The summed E-state index contributed by atoms with van der Waals surface area (Å²) in [6.45, 7) is 5.99. The molecule has 3 heterocycles. The first-order valence-electron chi connectivity index (χ1n) is 10.8. The van der Waals surface area contributed by atoms with Crippen molar-refractivity contribution in [3.63, 3.8) is 0 Å². The number of amides is 2. The van der Waals surface area contributed by atoms with E-state index in [9.17, 15) is 9.59 Å². The lowest BCUT2D eigenvalue weighted by atomic mass is 10.0. The van der Waals surface area contributed by atoms with E-state index in [0.717, 1.165) is 16.7 Å². The Hall–Kier alpha value is -4.40. The Morgan fingerprint density at radius 2 is 1.79 bits per heavy atom. The summed E-state index contributed by atoms with van der Waals surface area (Å²) in [4.78, 5) is 38.0. The lowest BCUT2D eigenvalue weighted by molar-refractivity contribution is 0.0957. The van der Waals surface area contributed by atoms with Crippen molar-refractivity contribution in [2.45, 2.75) is 26.8 Å². The van der Waals surface area contributed by atoms with Crippen LogP contribution in [0.3, 0.4) is 0 Å². The maximum Gasteiger partial charge on any atom is 0.269 e. The van der Waals surface area contributed by atoms with Gasteiger partial charge < -0.3 is 10.6 Å². The van der Waals surface area contributed by atoms with Gasteiger partial charge >= 0.3 is 0 Å². The van der Waals surface area contributed by atoms with Crippen molar-refractivity contribution in [3.05, 3.63) is 78.1 Å². The zero-order valence-corrected chi connectivity index (χ0v) is 19.4. The molecule has 0 atom stereocenters. The molecule has 0 unspecified atom stereocenters. The quantitative estimate of drug-likeness (QED) is 0.456. The van der Waals surface area contributed by atoms with E-state index in [-0.39, 0.29) is 17.9 Å². The summed E-state index contributed by atoms with van der Waals surface area (Å²) in [6.07, 6.45) is 8.27. The maximum atomic E-state index is 12.9. The number of benzene rings is 1. The van der Waals surface area contributed by atoms with E-state index in [1.54, 1.807) is 67.0 Å². The number of aryl methyl sites for hydroxylation is 1. The Balaban J connectivity index is 1.63. The minimum atomic E-state index is -0.278. The van der Waals surface area contributed by atoms with E-state index < -0.39 is 0 Å². The van der Waals surface area contributed by atoms with Gasteiger partial charge in [0.2, 0.25) is 0 Å². The van der Waals surface area contributed by atoms with Crippen molar-refractivity contribution in [3.8, 4) is 22.5 Å². The molecule has 0 fully saturated rings. The lowest BCUT2D eigenvalue weighted by Gasteiger charge is -2.10. The minimum absolute atomic E-state index is 0.204. The fourth-order valence-electron chi connectivity index (χ4n) is 3.40. The standard InChI is InChI=1S/C25H25N7O2/c1-15(2)32-14-19(11-29-32)30-24(33)18-6-5-16(3)20(9-18)23-13-27-12-22(31-23)17-7-8-28-21(10-17)25(34)26-4/h5-15H,1-4H3,(H,26,34)(H,30,33). The molecule has 4 aromatic rings. The Kier molecular flexibility index (Phi) is 6.44. The Morgan fingerprint density at radius 3 is 2.53 bits per heavy atom. The molecule has 4 rings (SSSR count). The lowest BCUT2D eigenvalue weighted by Crippen LogP contribution is -2.19. The van der Waals surface area contributed by atoms with Gasteiger partial charge in [0.1, 0.15) is 5.69 Å². The van der Waals surface area contributed by atoms with Crippen molar-refractivity contribution in [2.75, 3.05) is 12.4 Å². The number of rotatable bonds is 6. The van der Waals surface area contributed by atoms with Gasteiger partial charge in [0.25, 0.3) is 11.8 Å². The van der Waals surface area contributed by atoms with Crippen LogP contribution in [0.5, 0.6) is 0 Å². The predicted molar refractivity (Wildman–Crippen MR) is 129 cm³/mol. The van der Waals surface area contributed by atoms with Crippen molar-refractivity contribution in [2.24, 2.45) is 0 Å². The van der Waals surface area contributed by atoms with E-state index in [4.69, 9.17) is 4.98 Å². The van der Waals surface area contributed by atoms with Crippen LogP contribution in [0.2, 0.25) is 0 Å². The van der Waals surface area contributed by atoms with Gasteiger partial charge in [-0.2, -0.15) is 5.10 Å². The molecule has 9 heteroatoms. The van der Waals surface area contributed by atoms with Crippen LogP contribution >= 0.6 is 0 Å². The van der Waals surface area contributed by atoms with Gasteiger partial charge in [-0.3, -0.25) is 24.2 Å². The van der Waals surface area contributed by atoms with Gasteiger partial charge in [-0.05, 0) is 50.6 Å². The topological polar surface area (TPSA) is 115 Å². The summed E-state index contributed by atoms with van der Waals surface area (Å²) >= 11 is 0. The van der Waals surface area contributed by atoms with Crippen LogP contribution in [0, 0.1) is 6.92 Å². The number of anilines is 1. The van der Waals surface area contributed by atoms with E-state index in [0.29, 0.717) is 28.3 Å². The van der Waals surface area contributed by atoms with Crippen LogP contribution in [-0.2, 0) is 0 Å². The second kappa shape index (κ2) is 9.62. The first-order valence-corrected chi connectivity index (χ1v) is 10.8. The van der Waals surface area contributed by atoms with Gasteiger partial charge in [-0.25, -0.2) is 4.98 Å². The molecule has 9 nitrogen and oxygen atoms in total. The van der Waals surface area contributed by atoms with Gasteiger partial charge in [-0.1, -0.05) is 6.07 Å². The number of carbonyl (C=O) groups excluding carboxylic acids is 2. The average molecular weight is 456 g/mol. The first-order chi connectivity index (χ1) is 16.4. The summed E-state index contributed by atoms with van der Waals surface area (Å²) in [5.74, 6) is -0.516. The summed E-state index contributed by atoms with van der Waals surface area (Å²) in [5.41, 5.74) is 5.11. The zero-order chi connectivity index (χ0) is 24.2. The molecular formula is C25H25N7O2. The molecule has 0 saturated heterocycles. The Bertz CT molecular complexity index is 1360. The molecule has 1 aromatic carbocycles. The Morgan fingerprint density at radius 1 is 1.00 bits per heavy atom. The molecule has 0 aliphatic heterocycles. The number of aromatic nitrogens is 5. The van der Waals surface area contributed by atoms with Crippen LogP contribution in [0.1, 0.15) is 46.3 Å².